The van der Waals surface area contributed by atoms with Gasteiger partial charge in [-0.05, 0) is 19.1 Å². The van der Waals surface area contributed by atoms with E-state index in [4.69, 9.17) is 0 Å². The van der Waals surface area contributed by atoms with Crippen molar-refractivity contribution < 1.29 is 17.9 Å². The Morgan fingerprint density at radius 1 is 1.15 bits per heavy atom. The molecule has 3 aromatic heterocycles. The number of hydrogen-bond acceptors (Lipinski definition) is 6. The summed E-state index contributed by atoms with van der Waals surface area (Å²) in [5, 5.41) is 11.6. The molecule has 1 atom stereocenters. The number of anilines is 1. The standard InChI is InChI=1S/C22H23FN6O3S/c1-4-29(3)33(31,32)28-19-7-5-6-16(20(19)23)21(30)18-12-27-22-17(18)8-14(9-26-22)15-10-24-13(2)25-11-15/h5-12,21,28,30H,4H2,1-3H3,(H,26,27). The van der Waals surface area contributed by atoms with E-state index in [0.29, 0.717) is 22.4 Å². The highest BCUT2D eigenvalue weighted by Crippen LogP contribution is 2.33. The van der Waals surface area contributed by atoms with Crippen molar-refractivity contribution in [3.05, 3.63) is 71.8 Å². The maximum absolute atomic E-state index is 15.2. The van der Waals surface area contributed by atoms with Gasteiger partial charge in [0.15, 0.2) is 5.82 Å². The second-order valence-electron chi connectivity index (χ2n) is 7.52. The molecular formula is C22H23FN6O3S. The molecule has 11 heteroatoms. The molecule has 0 spiro atoms. The number of nitrogens with zero attached hydrogens (tertiary/aromatic N) is 4. The topological polar surface area (TPSA) is 124 Å². The van der Waals surface area contributed by atoms with Crippen molar-refractivity contribution in [2.45, 2.75) is 20.0 Å². The number of aryl methyl sites for hydroxylation is 1. The first-order chi connectivity index (χ1) is 15.7. The van der Waals surface area contributed by atoms with Crippen molar-refractivity contribution in [1.82, 2.24) is 24.2 Å². The summed E-state index contributed by atoms with van der Waals surface area (Å²) in [6.45, 7) is 3.67. The molecule has 1 unspecified atom stereocenters. The highest BCUT2D eigenvalue weighted by Gasteiger charge is 2.24. The van der Waals surface area contributed by atoms with Gasteiger partial charge in [0.25, 0.3) is 0 Å². The Labute approximate surface area is 190 Å². The number of nitrogens with one attached hydrogen (secondary N) is 2. The molecule has 0 bridgehead atoms. The number of aromatic nitrogens is 4. The number of aliphatic hydroxyl groups is 1. The van der Waals surface area contributed by atoms with E-state index < -0.39 is 22.1 Å². The molecule has 0 radical (unpaired) electrons. The quantitative estimate of drug-likeness (QED) is 0.381. The fourth-order valence-corrected chi connectivity index (χ4v) is 4.27. The summed E-state index contributed by atoms with van der Waals surface area (Å²) in [5.41, 5.74) is 2.08. The lowest BCUT2D eigenvalue weighted by Crippen LogP contribution is -2.32. The summed E-state index contributed by atoms with van der Waals surface area (Å²) in [6.07, 6.45) is 5.20. The summed E-state index contributed by atoms with van der Waals surface area (Å²) in [7, 11) is -2.54. The van der Waals surface area contributed by atoms with Crippen molar-refractivity contribution in [3.63, 3.8) is 0 Å². The van der Waals surface area contributed by atoms with Crippen molar-refractivity contribution in [2.24, 2.45) is 0 Å². The number of aromatic amines is 1. The number of benzene rings is 1. The van der Waals surface area contributed by atoms with Crippen LogP contribution in [0.3, 0.4) is 0 Å². The van der Waals surface area contributed by atoms with Crippen molar-refractivity contribution in [2.75, 3.05) is 18.3 Å². The Balaban J connectivity index is 1.72. The van der Waals surface area contributed by atoms with Crippen molar-refractivity contribution in [1.29, 1.82) is 0 Å². The predicted octanol–water partition coefficient (Wildman–Crippen LogP) is 3.16. The molecule has 3 heterocycles. The smallest absolute Gasteiger partial charge is 0.301 e. The zero-order valence-corrected chi connectivity index (χ0v) is 19.1. The van der Waals surface area contributed by atoms with E-state index in [9.17, 15) is 13.5 Å². The van der Waals surface area contributed by atoms with E-state index in [0.717, 1.165) is 15.4 Å². The number of rotatable bonds is 7. The van der Waals surface area contributed by atoms with Gasteiger partial charge in [0, 0.05) is 66.0 Å². The van der Waals surface area contributed by atoms with E-state index in [2.05, 4.69) is 24.7 Å². The average Bonchev–Trinajstić information content (AvgIpc) is 3.23. The molecule has 0 aliphatic carbocycles. The fourth-order valence-electron chi connectivity index (χ4n) is 3.34. The molecule has 0 saturated carbocycles. The average molecular weight is 471 g/mol. The van der Waals surface area contributed by atoms with E-state index in [1.807, 2.05) is 6.07 Å². The summed E-state index contributed by atoms with van der Waals surface area (Å²) < 4.78 is 43.2. The molecule has 0 saturated heterocycles. The first-order valence-corrected chi connectivity index (χ1v) is 11.6. The van der Waals surface area contributed by atoms with Crippen LogP contribution in [0.25, 0.3) is 22.2 Å². The van der Waals surface area contributed by atoms with Crippen LogP contribution in [0, 0.1) is 12.7 Å². The lowest BCUT2D eigenvalue weighted by Gasteiger charge is -2.18. The Morgan fingerprint density at radius 2 is 1.85 bits per heavy atom. The number of pyridine rings is 1. The van der Waals surface area contributed by atoms with Crippen LogP contribution in [0.15, 0.2) is 49.1 Å². The van der Waals surface area contributed by atoms with Gasteiger partial charge in [-0.25, -0.2) is 19.3 Å². The van der Waals surface area contributed by atoms with Crippen LogP contribution in [-0.2, 0) is 10.2 Å². The minimum absolute atomic E-state index is 0.0701. The van der Waals surface area contributed by atoms with Crippen molar-refractivity contribution in [3.8, 4) is 11.1 Å². The first kappa shape index (κ1) is 22.8. The van der Waals surface area contributed by atoms with Crippen LogP contribution in [0.5, 0.6) is 0 Å². The molecule has 0 amide bonds. The molecule has 3 N–H and O–H groups in total. The lowest BCUT2D eigenvalue weighted by atomic mass is 9.99. The highest BCUT2D eigenvalue weighted by atomic mass is 32.2. The number of hydrogen-bond donors (Lipinski definition) is 3. The molecule has 4 aromatic rings. The third-order valence-corrected chi connectivity index (χ3v) is 6.95. The maximum Gasteiger partial charge on any atom is 0.301 e. The molecular weight excluding hydrogens is 447 g/mol. The van der Waals surface area contributed by atoms with Crippen LogP contribution in [0.4, 0.5) is 10.1 Å². The monoisotopic (exact) mass is 470 g/mol. The molecule has 0 aliphatic rings. The van der Waals surface area contributed by atoms with Crippen LogP contribution in [-0.4, -0.2) is 51.4 Å². The molecule has 9 nitrogen and oxygen atoms in total. The molecule has 33 heavy (non-hydrogen) atoms. The van der Waals surface area contributed by atoms with Gasteiger partial charge in [0.05, 0.1) is 5.69 Å². The van der Waals surface area contributed by atoms with Gasteiger partial charge >= 0.3 is 10.2 Å². The van der Waals surface area contributed by atoms with Crippen molar-refractivity contribution >= 4 is 26.9 Å². The second kappa shape index (κ2) is 8.85. The third kappa shape index (κ3) is 4.42. The van der Waals surface area contributed by atoms with Gasteiger partial charge in [0.1, 0.15) is 17.6 Å². The van der Waals surface area contributed by atoms with Gasteiger partial charge < -0.3 is 10.1 Å². The van der Waals surface area contributed by atoms with E-state index in [1.54, 1.807) is 38.6 Å². The predicted molar refractivity (Wildman–Crippen MR) is 123 cm³/mol. The largest absolute Gasteiger partial charge is 0.383 e. The molecule has 0 fully saturated rings. The van der Waals surface area contributed by atoms with Gasteiger partial charge in [-0.1, -0.05) is 19.1 Å². The van der Waals surface area contributed by atoms with Crippen LogP contribution in [0.2, 0.25) is 0 Å². The van der Waals surface area contributed by atoms with E-state index >= 15 is 4.39 Å². The van der Waals surface area contributed by atoms with E-state index in [1.165, 1.54) is 25.2 Å². The number of halogens is 1. The Bertz CT molecular complexity index is 1410. The number of fused-ring (bicyclic) bond motifs is 1. The lowest BCUT2D eigenvalue weighted by molar-refractivity contribution is 0.216. The first-order valence-electron chi connectivity index (χ1n) is 10.2. The Morgan fingerprint density at radius 3 is 2.55 bits per heavy atom. The molecule has 1 aromatic carbocycles. The van der Waals surface area contributed by atoms with Crippen LogP contribution >= 0.6 is 0 Å². The minimum Gasteiger partial charge on any atom is -0.383 e. The summed E-state index contributed by atoms with van der Waals surface area (Å²) in [4.78, 5) is 15.7. The number of aliphatic hydroxyl groups excluding tert-OH is 1. The van der Waals surface area contributed by atoms with Gasteiger partial charge in [-0.15, -0.1) is 0 Å². The maximum atomic E-state index is 15.2. The van der Waals surface area contributed by atoms with Crippen LogP contribution < -0.4 is 4.72 Å². The SMILES string of the molecule is CCN(C)S(=O)(=O)Nc1cccc(C(O)c2c[nH]c3ncc(-c4cnc(C)nc4)cc23)c1F. The van der Waals surface area contributed by atoms with Gasteiger partial charge in [-0.2, -0.15) is 12.7 Å². The zero-order chi connectivity index (χ0) is 23.8. The van der Waals surface area contributed by atoms with Crippen LogP contribution in [0.1, 0.15) is 30.0 Å². The van der Waals surface area contributed by atoms with Gasteiger partial charge in [0.2, 0.25) is 0 Å². The van der Waals surface area contributed by atoms with E-state index in [-0.39, 0.29) is 17.8 Å². The summed E-state index contributed by atoms with van der Waals surface area (Å²) in [5.74, 6) is -0.217. The minimum atomic E-state index is -3.92. The van der Waals surface area contributed by atoms with Gasteiger partial charge in [-0.3, -0.25) is 4.72 Å². The molecule has 0 aliphatic heterocycles. The highest BCUT2D eigenvalue weighted by molar-refractivity contribution is 7.90. The third-order valence-electron chi connectivity index (χ3n) is 5.39. The normalized spacial score (nSPS) is 12.9. The second-order valence-corrected chi connectivity index (χ2v) is 9.29. The summed E-state index contributed by atoms with van der Waals surface area (Å²) >= 11 is 0. The Hall–Kier alpha value is -3.41. The number of H-pyrrole nitrogens is 1. The Kier molecular flexibility index (Phi) is 6.11. The molecule has 172 valence electrons. The zero-order valence-electron chi connectivity index (χ0n) is 18.2. The summed E-state index contributed by atoms with van der Waals surface area (Å²) in [6, 6.07) is 6.00. The molecule has 4 rings (SSSR count). The fraction of sp³-hybridized carbons (Fsp3) is 0.227.